The number of aliphatic hydroxyl groups excluding tert-OH is 1. The predicted molar refractivity (Wildman–Crippen MR) is 72.9 cm³/mol. The molecule has 19 heavy (non-hydrogen) atoms. The Morgan fingerprint density at radius 2 is 2.00 bits per heavy atom. The molecule has 0 aromatic heterocycles. The summed E-state index contributed by atoms with van der Waals surface area (Å²) in [5.41, 5.74) is 1.08. The summed E-state index contributed by atoms with van der Waals surface area (Å²) < 4.78 is 11.9. The predicted octanol–water partition coefficient (Wildman–Crippen LogP) is 1.81. The van der Waals surface area contributed by atoms with E-state index in [-0.39, 0.29) is 18.6 Å². The Morgan fingerprint density at radius 1 is 1.26 bits per heavy atom. The molecule has 1 aromatic carbocycles. The number of hydrogen-bond acceptors (Lipinski definition) is 2. The van der Waals surface area contributed by atoms with Crippen molar-refractivity contribution < 1.29 is 14.3 Å². The number of rotatable bonds is 8. The summed E-state index contributed by atoms with van der Waals surface area (Å²) in [6, 6.07) is 9.44. The van der Waals surface area contributed by atoms with Gasteiger partial charge in [-0.25, -0.2) is 4.79 Å². The smallest absolute Gasteiger partial charge is 0.314 e. The summed E-state index contributed by atoms with van der Waals surface area (Å²) in [6.07, 6.45) is 0.918. The monoisotopic (exact) mass is 268 g/mol. The largest absolute Gasteiger partial charge is 0.396 e. The molecular formula is C14H21FN2O2. The molecule has 1 unspecified atom stereocenters. The van der Waals surface area contributed by atoms with Crippen LogP contribution in [-0.4, -0.2) is 37.5 Å². The molecule has 0 aliphatic rings. The van der Waals surface area contributed by atoms with Gasteiger partial charge in [-0.2, -0.15) is 0 Å². The Kier molecular flexibility index (Phi) is 7.58. The highest BCUT2D eigenvalue weighted by molar-refractivity contribution is 5.73. The van der Waals surface area contributed by atoms with Crippen LogP contribution in [0.3, 0.4) is 0 Å². The van der Waals surface area contributed by atoms with Crippen LogP contribution in [0.25, 0.3) is 0 Å². The van der Waals surface area contributed by atoms with E-state index in [2.05, 4.69) is 10.6 Å². The van der Waals surface area contributed by atoms with Gasteiger partial charge in [-0.15, -0.1) is 0 Å². The molecule has 1 aromatic rings. The minimum absolute atomic E-state index is 0.0741. The lowest BCUT2D eigenvalue weighted by atomic mass is 9.96. The molecule has 0 spiro atoms. The molecule has 1 atom stereocenters. The highest BCUT2D eigenvalue weighted by Gasteiger charge is 2.11. The first-order chi connectivity index (χ1) is 9.27. The van der Waals surface area contributed by atoms with Crippen molar-refractivity contribution in [2.45, 2.75) is 18.8 Å². The first-order valence-corrected chi connectivity index (χ1v) is 6.51. The molecule has 0 aliphatic carbocycles. The van der Waals surface area contributed by atoms with Crippen LogP contribution in [-0.2, 0) is 0 Å². The van der Waals surface area contributed by atoms with Crippen molar-refractivity contribution in [3.8, 4) is 0 Å². The Bertz CT molecular complexity index is 360. The van der Waals surface area contributed by atoms with Gasteiger partial charge in [-0.3, -0.25) is 4.39 Å². The van der Waals surface area contributed by atoms with Crippen LogP contribution in [0.1, 0.15) is 24.3 Å². The van der Waals surface area contributed by atoms with Crippen LogP contribution in [0.4, 0.5) is 9.18 Å². The Labute approximate surface area is 113 Å². The van der Waals surface area contributed by atoms with Crippen molar-refractivity contribution in [2.75, 3.05) is 26.4 Å². The molecule has 0 fully saturated rings. The third kappa shape index (κ3) is 6.20. The molecule has 2 amide bonds. The maximum atomic E-state index is 11.9. The standard InChI is InChI=1S/C14H21FN2O2/c15-8-4-9-16-14(19)17-11-13(7-10-18)12-5-2-1-3-6-12/h1-3,5-6,13,18H,4,7-11H2,(H2,16,17,19). The molecule has 4 nitrogen and oxygen atoms in total. The summed E-state index contributed by atoms with van der Waals surface area (Å²) in [4.78, 5) is 11.5. The molecule has 5 heteroatoms. The fourth-order valence-corrected chi connectivity index (χ4v) is 1.81. The number of carbonyl (C=O) groups is 1. The number of halogens is 1. The summed E-state index contributed by atoms with van der Waals surface area (Å²) in [5, 5.41) is 14.4. The van der Waals surface area contributed by atoms with Crippen molar-refractivity contribution in [3.63, 3.8) is 0 Å². The SMILES string of the molecule is O=C(NCCCF)NCC(CCO)c1ccccc1. The number of aliphatic hydroxyl groups is 1. The van der Waals surface area contributed by atoms with Crippen molar-refractivity contribution in [1.29, 1.82) is 0 Å². The van der Waals surface area contributed by atoms with Crippen LogP contribution >= 0.6 is 0 Å². The van der Waals surface area contributed by atoms with Crippen LogP contribution < -0.4 is 10.6 Å². The third-order valence-electron chi connectivity index (χ3n) is 2.85. The minimum atomic E-state index is -0.433. The van der Waals surface area contributed by atoms with Crippen molar-refractivity contribution in [1.82, 2.24) is 10.6 Å². The normalized spacial score (nSPS) is 11.9. The number of hydrogen-bond donors (Lipinski definition) is 3. The molecule has 0 aliphatic heterocycles. The van der Waals surface area contributed by atoms with Crippen LogP contribution in [0.2, 0.25) is 0 Å². The summed E-state index contributed by atoms with van der Waals surface area (Å²) in [5.74, 6) is 0.0816. The second-order valence-corrected chi connectivity index (χ2v) is 4.30. The maximum Gasteiger partial charge on any atom is 0.314 e. The van der Waals surface area contributed by atoms with Gasteiger partial charge in [0.15, 0.2) is 0 Å². The van der Waals surface area contributed by atoms with Gasteiger partial charge >= 0.3 is 6.03 Å². The second kappa shape index (κ2) is 9.33. The molecule has 3 N–H and O–H groups in total. The summed E-state index contributed by atoms with van der Waals surface area (Å²) >= 11 is 0. The second-order valence-electron chi connectivity index (χ2n) is 4.30. The van der Waals surface area contributed by atoms with E-state index in [1.165, 1.54) is 0 Å². The number of benzene rings is 1. The zero-order valence-corrected chi connectivity index (χ0v) is 10.9. The molecular weight excluding hydrogens is 247 g/mol. The van der Waals surface area contributed by atoms with E-state index in [0.717, 1.165) is 5.56 Å². The van der Waals surface area contributed by atoms with Gasteiger partial charge in [0.2, 0.25) is 0 Å². The molecule has 0 bridgehead atoms. The van der Waals surface area contributed by atoms with Gasteiger partial charge in [-0.05, 0) is 18.4 Å². The molecule has 0 saturated carbocycles. The Balaban J connectivity index is 2.40. The molecule has 0 saturated heterocycles. The van der Waals surface area contributed by atoms with E-state index in [9.17, 15) is 9.18 Å². The molecule has 0 radical (unpaired) electrons. The van der Waals surface area contributed by atoms with Gasteiger partial charge in [0.25, 0.3) is 0 Å². The van der Waals surface area contributed by atoms with Gasteiger partial charge in [-0.1, -0.05) is 30.3 Å². The minimum Gasteiger partial charge on any atom is -0.396 e. The molecule has 1 rings (SSSR count). The van der Waals surface area contributed by atoms with Crippen LogP contribution in [0.5, 0.6) is 0 Å². The first-order valence-electron chi connectivity index (χ1n) is 6.51. The van der Waals surface area contributed by atoms with E-state index < -0.39 is 6.67 Å². The number of alkyl halides is 1. The summed E-state index contributed by atoms with van der Waals surface area (Å²) in [7, 11) is 0. The number of urea groups is 1. The first kappa shape index (κ1) is 15.4. The lowest BCUT2D eigenvalue weighted by molar-refractivity contribution is 0.237. The third-order valence-corrected chi connectivity index (χ3v) is 2.85. The zero-order chi connectivity index (χ0) is 13.9. The van der Waals surface area contributed by atoms with E-state index in [1.807, 2.05) is 30.3 Å². The van der Waals surface area contributed by atoms with E-state index in [1.54, 1.807) is 0 Å². The topological polar surface area (TPSA) is 61.4 Å². The Morgan fingerprint density at radius 3 is 2.63 bits per heavy atom. The quantitative estimate of drug-likeness (QED) is 0.630. The lowest BCUT2D eigenvalue weighted by Gasteiger charge is -2.17. The van der Waals surface area contributed by atoms with Crippen molar-refractivity contribution >= 4 is 6.03 Å². The van der Waals surface area contributed by atoms with Gasteiger partial charge in [0.05, 0.1) is 6.67 Å². The fraction of sp³-hybridized carbons (Fsp3) is 0.500. The average Bonchev–Trinajstić information content (AvgIpc) is 2.44. The average molecular weight is 268 g/mol. The fourth-order valence-electron chi connectivity index (χ4n) is 1.81. The van der Waals surface area contributed by atoms with Crippen LogP contribution in [0, 0.1) is 0 Å². The van der Waals surface area contributed by atoms with Gasteiger partial charge < -0.3 is 15.7 Å². The number of nitrogens with one attached hydrogen (secondary N) is 2. The van der Waals surface area contributed by atoms with Crippen molar-refractivity contribution in [3.05, 3.63) is 35.9 Å². The summed E-state index contributed by atoms with van der Waals surface area (Å²) in [6.45, 7) is 0.423. The molecule has 106 valence electrons. The van der Waals surface area contributed by atoms with Gasteiger partial charge in [0.1, 0.15) is 0 Å². The highest BCUT2D eigenvalue weighted by atomic mass is 19.1. The molecule has 0 heterocycles. The van der Waals surface area contributed by atoms with Crippen LogP contribution in [0.15, 0.2) is 30.3 Å². The highest BCUT2D eigenvalue weighted by Crippen LogP contribution is 2.17. The zero-order valence-electron chi connectivity index (χ0n) is 10.9. The van der Waals surface area contributed by atoms with E-state index >= 15 is 0 Å². The lowest BCUT2D eigenvalue weighted by Crippen LogP contribution is -2.38. The van der Waals surface area contributed by atoms with Crippen molar-refractivity contribution in [2.24, 2.45) is 0 Å². The van der Waals surface area contributed by atoms with Gasteiger partial charge in [0, 0.05) is 25.6 Å². The Hall–Kier alpha value is -1.62. The van der Waals surface area contributed by atoms with E-state index in [0.29, 0.717) is 25.9 Å². The number of amides is 2. The number of carbonyl (C=O) groups excluding carboxylic acids is 1. The maximum absolute atomic E-state index is 11.9. The van der Waals surface area contributed by atoms with E-state index in [4.69, 9.17) is 5.11 Å².